The second-order valence-electron chi connectivity index (χ2n) is 7.06. The van der Waals surface area contributed by atoms with E-state index in [-0.39, 0.29) is 11.2 Å². The lowest BCUT2D eigenvalue weighted by Gasteiger charge is -2.16. The van der Waals surface area contributed by atoms with E-state index >= 15 is 0 Å². The molecule has 7 heteroatoms. The minimum atomic E-state index is -0.649. The molecule has 0 spiro atoms. The van der Waals surface area contributed by atoms with Crippen LogP contribution in [0.25, 0.3) is 0 Å². The molecule has 1 aliphatic heterocycles. The van der Waals surface area contributed by atoms with Gasteiger partial charge in [0.15, 0.2) is 0 Å². The Labute approximate surface area is 157 Å². The second-order valence-corrected chi connectivity index (χ2v) is 7.06. The summed E-state index contributed by atoms with van der Waals surface area (Å²) >= 11 is 0. The number of carbonyl (C=O) groups is 2. The van der Waals surface area contributed by atoms with Crippen molar-refractivity contribution >= 4 is 17.6 Å². The average Bonchev–Trinajstić information content (AvgIpc) is 2.94. The maximum atomic E-state index is 13.7. The zero-order valence-electron chi connectivity index (χ0n) is 15.5. The maximum absolute atomic E-state index is 13.7. The van der Waals surface area contributed by atoms with Gasteiger partial charge in [0.05, 0.1) is 5.56 Å². The van der Waals surface area contributed by atoms with Gasteiger partial charge in [0, 0.05) is 25.7 Å². The van der Waals surface area contributed by atoms with Gasteiger partial charge in [0.1, 0.15) is 17.2 Å². The van der Waals surface area contributed by atoms with Crippen LogP contribution < -0.4 is 20.7 Å². The number of ether oxygens (including phenoxy) is 1. The molecular weight excluding hydrogens is 349 g/mol. The zero-order valence-corrected chi connectivity index (χ0v) is 15.5. The molecule has 0 atom stereocenters. The van der Waals surface area contributed by atoms with E-state index in [0.717, 1.165) is 29.4 Å². The van der Waals surface area contributed by atoms with Crippen LogP contribution in [0.15, 0.2) is 36.4 Å². The first-order valence-corrected chi connectivity index (χ1v) is 8.65. The molecule has 142 valence electrons. The minimum absolute atomic E-state index is 0.128. The molecule has 0 radical (unpaired) electrons. The van der Waals surface area contributed by atoms with Crippen molar-refractivity contribution in [2.75, 3.05) is 12.4 Å². The van der Waals surface area contributed by atoms with Crippen molar-refractivity contribution in [3.05, 3.63) is 58.9 Å². The first-order valence-electron chi connectivity index (χ1n) is 8.65. The highest BCUT2D eigenvalue weighted by molar-refractivity contribution is 5.97. The number of halogens is 1. The Bertz CT molecular complexity index is 896. The van der Waals surface area contributed by atoms with Gasteiger partial charge in [-0.05, 0) is 49.2 Å². The van der Waals surface area contributed by atoms with E-state index in [9.17, 15) is 14.0 Å². The Kier molecular flexibility index (Phi) is 5.03. The third-order valence-electron chi connectivity index (χ3n) is 4.28. The van der Waals surface area contributed by atoms with Gasteiger partial charge in [-0.15, -0.1) is 0 Å². The van der Waals surface area contributed by atoms with Crippen molar-refractivity contribution in [3.8, 4) is 5.75 Å². The number of hydrogen-bond acceptors (Lipinski definition) is 3. The number of fused-ring (bicyclic) bond motifs is 1. The predicted octanol–water partition coefficient (Wildman–Crippen LogP) is 3.22. The van der Waals surface area contributed by atoms with E-state index in [1.807, 2.05) is 32.0 Å². The lowest BCUT2D eigenvalue weighted by atomic mass is 10.0. The zero-order chi connectivity index (χ0) is 19.6. The molecule has 2 aromatic carbocycles. The highest BCUT2D eigenvalue weighted by Crippen LogP contribution is 2.35. The van der Waals surface area contributed by atoms with Gasteiger partial charge in [0.2, 0.25) is 0 Å². The lowest BCUT2D eigenvalue weighted by molar-refractivity contribution is 0.0959. The van der Waals surface area contributed by atoms with Crippen molar-refractivity contribution < 1.29 is 18.7 Å². The third-order valence-corrected chi connectivity index (χ3v) is 4.28. The van der Waals surface area contributed by atoms with E-state index < -0.39 is 17.8 Å². The summed E-state index contributed by atoms with van der Waals surface area (Å²) in [6.07, 6.45) is 0.820. The summed E-state index contributed by atoms with van der Waals surface area (Å²) < 4.78 is 19.5. The molecule has 0 bridgehead atoms. The molecule has 3 rings (SSSR count). The molecule has 3 amide bonds. The number of urea groups is 1. The van der Waals surface area contributed by atoms with Crippen molar-refractivity contribution in [1.29, 1.82) is 0 Å². The molecule has 1 heterocycles. The molecule has 6 nitrogen and oxygen atoms in total. The van der Waals surface area contributed by atoms with Gasteiger partial charge in [-0.3, -0.25) is 4.79 Å². The minimum Gasteiger partial charge on any atom is -0.487 e. The molecular formula is C20H22FN3O3. The Balaban J connectivity index is 1.60. The molecule has 2 aromatic rings. The van der Waals surface area contributed by atoms with E-state index in [1.54, 1.807) is 0 Å². The fourth-order valence-electron chi connectivity index (χ4n) is 3.04. The first kappa shape index (κ1) is 18.7. The van der Waals surface area contributed by atoms with Crippen LogP contribution in [0.4, 0.5) is 14.9 Å². The molecule has 0 aromatic heterocycles. The number of benzene rings is 2. The number of carbonyl (C=O) groups excluding carboxylic acids is 2. The van der Waals surface area contributed by atoms with Crippen molar-refractivity contribution in [2.24, 2.45) is 0 Å². The summed E-state index contributed by atoms with van der Waals surface area (Å²) in [6, 6.07) is 9.23. The summed E-state index contributed by atoms with van der Waals surface area (Å²) in [5, 5.41) is 7.71. The van der Waals surface area contributed by atoms with Crippen LogP contribution in [-0.2, 0) is 13.0 Å². The largest absolute Gasteiger partial charge is 0.487 e. The molecule has 0 aliphatic carbocycles. The van der Waals surface area contributed by atoms with Crippen LogP contribution in [0.2, 0.25) is 0 Å². The Hall–Kier alpha value is -3.09. The van der Waals surface area contributed by atoms with E-state index in [1.165, 1.54) is 19.2 Å². The van der Waals surface area contributed by atoms with E-state index in [2.05, 4.69) is 16.0 Å². The number of nitrogens with one attached hydrogen (secondary N) is 3. The SMILES string of the molecule is CNC(=O)c1cc(NC(=O)NCc2ccc3c(c2)CC(C)(C)O3)ccc1F. The van der Waals surface area contributed by atoms with Crippen LogP contribution in [0, 0.1) is 5.82 Å². The summed E-state index contributed by atoms with van der Waals surface area (Å²) in [7, 11) is 1.41. The lowest BCUT2D eigenvalue weighted by Crippen LogP contribution is -2.28. The van der Waals surface area contributed by atoms with Crippen LogP contribution in [0.5, 0.6) is 5.75 Å². The van der Waals surface area contributed by atoms with Gasteiger partial charge < -0.3 is 20.7 Å². The number of amides is 3. The Morgan fingerprint density at radius 2 is 1.96 bits per heavy atom. The standard InChI is InChI=1S/C20H22FN3O3/c1-20(2)10-13-8-12(4-7-17(13)27-20)11-23-19(26)24-14-5-6-16(21)15(9-14)18(25)22-3/h4-9H,10-11H2,1-3H3,(H,22,25)(H2,23,24,26). The molecule has 0 saturated heterocycles. The summed E-state index contributed by atoms with van der Waals surface area (Å²) in [4.78, 5) is 23.7. The van der Waals surface area contributed by atoms with Gasteiger partial charge in [-0.1, -0.05) is 12.1 Å². The smallest absolute Gasteiger partial charge is 0.319 e. The van der Waals surface area contributed by atoms with Crippen LogP contribution in [-0.4, -0.2) is 24.6 Å². The van der Waals surface area contributed by atoms with Gasteiger partial charge in [0.25, 0.3) is 5.91 Å². The summed E-state index contributed by atoms with van der Waals surface area (Å²) in [6.45, 7) is 4.41. The van der Waals surface area contributed by atoms with E-state index in [0.29, 0.717) is 12.2 Å². The maximum Gasteiger partial charge on any atom is 0.319 e. The Morgan fingerprint density at radius 1 is 1.19 bits per heavy atom. The van der Waals surface area contributed by atoms with Gasteiger partial charge >= 0.3 is 6.03 Å². The highest BCUT2D eigenvalue weighted by Gasteiger charge is 2.29. The molecule has 3 N–H and O–H groups in total. The van der Waals surface area contributed by atoms with Crippen LogP contribution >= 0.6 is 0 Å². The number of rotatable bonds is 4. The highest BCUT2D eigenvalue weighted by atomic mass is 19.1. The fourth-order valence-corrected chi connectivity index (χ4v) is 3.04. The monoisotopic (exact) mass is 371 g/mol. The topological polar surface area (TPSA) is 79.5 Å². The second kappa shape index (κ2) is 7.26. The molecule has 27 heavy (non-hydrogen) atoms. The normalized spacial score (nSPS) is 14.1. The van der Waals surface area contributed by atoms with Crippen LogP contribution in [0.1, 0.15) is 35.3 Å². The summed E-state index contributed by atoms with van der Waals surface area (Å²) in [5.41, 5.74) is 2.06. The molecule has 0 unspecified atom stereocenters. The van der Waals surface area contributed by atoms with Gasteiger partial charge in [-0.2, -0.15) is 0 Å². The summed E-state index contributed by atoms with van der Waals surface area (Å²) in [5.74, 6) is -0.329. The molecule has 0 fully saturated rings. The molecule has 0 saturated carbocycles. The van der Waals surface area contributed by atoms with Crippen LogP contribution in [0.3, 0.4) is 0 Å². The van der Waals surface area contributed by atoms with E-state index in [4.69, 9.17) is 4.74 Å². The number of hydrogen-bond donors (Lipinski definition) is 3. The van der Waals surface area contributed by atoms with Crippen molar-refractivity contribution in [3.63, 3.8) is 0 Å². The number of anilines is 1. The van der Waals surface area contributed by atoms with Crippen molar-refractivity contribution in [1.82, 2.24) is 10.6 Å². The first-order chi connectivity index (χ1) is 12.8. The quantitative estimate of drug-likeness (QED) is 0.772. The predicted molar refractivity (Wildman–Crippen MR) is 101 cm³/mol. The Morgan fingerprint density at radius 3 is 2.70 bits per heavy atom. The van der Waals surface area contributed by atoms with Gasteiger partial charge in [-0.25, -0.2) is 9.18 Å². The average molecular weight is 371 g/mol. The third kappa shape index (κ3) is 4.36. The van der Waals surface area contributed by atoms with Crippen molar-refractivity contribution in [2.45, 2.75) is 32.4 Å². The molecule has 1 aliphatic rings. The fraction of sp³-hybridized carbons (Fsp3) is 0.300.